The summed E-state index contributed by atoms with van der Waals surface area (Å²) < 4.78 is 5.20. The van der Waals surface area contributed by atoms with Gasteiger partial charge in [-0.2, -0.15) is 0 Å². The summed E-state index contributed by atoms with van der Waals surface area (Å²) in [5.74, 6) is -0.227. The first-order valence-electron chi connectivity index (χ1n) is 6.06. The molecule has 0 fully saturated rings. The highest BCUT2D eigenvalue weighted by molar-refractivity contribution is 7.14. The number of thiazole rings is 1. The van der Waals surface area contributed by atoms with E-state index in [2.05, 4.69) is 17.1 Å². The topological polar surface area (TPSA) is 39.2 Å². The molecule has 1 heterocycles. The van der Waals surface area contributed by atoms with E-state index in [4.69, 9.17) is 4.74 Å². The molecule has 0 saturated carbocycles. The maximum atomic E-state index is 11.3. The number of hydrogen-bond donors (Lipinski definition) is 0. The van der Waals surface area contributed by atoms with Gasteiger partial charge in [-0.3, -0.25) is 4.79 Å². The largest absolute Gasteiger partial charge is 0.398 e. The summed E-state index contributed by atoms with van der Waals surface area (Å²) >= 11 is 1.49. The Kier molecular flexibility index (Phi) is 2.88. The Balaban J connectivity index is 1.99. The highest BCUT2D eigenvalue weighted by atomic mass is 32.1. The highest BCUT2D eigenvalue weighted by Crippen LogP contribution is 2.38. The molecule has 0 bridgehead atoms. The van der Waals surface area contributed by atoms with Crippen LogP contribution in [0.3, 0.4) is 0 Å². The molecule has 0 unspecified atom stereocenters. The zero-order valence-corrected chi connectivity index (χ0v) is 10.9. The molecule has 1 aromatic carbocycles. The van der Waals surface area contributed by atoms with Crippen molar-refractivity contribution < 1.29 is 9.53 Å². The van der Waals surface area contributed by atoms with Crippen molar-refractivity contribution in [2.24, 2.45) is 0 Å². The number of rotatable bonds is 2. The van der Waals surface area contributed by atoms with Gasteiger partial charge >= 0.3 is 5.97 Å². The van der Waals surface area contributed by atoms with Gasteiger partial charge in [0.1, 0.15) is 0 Å². The van der Waals surface area contributed by atoms with Gasteiger partial charge < -0.3 is 4.74 Å². The van der Waals surface area contributed by atoms with Crippen LogP contribution in [0.5, 0.6) is 5.19 Å². The van der Waals surface area contributed by atoms with Crippen molar-refractivity contribution in [3.8, 4) is 16.5 Å². The average Bonchev–Trinajstić information content (AvgIpc) is 2.81. The van der Waals surface area contributed by atoms with E-state index < -0.39 is 0 Å². The van der Waals surface area contributed by atoms with Gasteiger partial charge in [-0.05, 0) is 18.4 Å². The van der Waals surface area contributed by atoms with Crippen molar-refractivity contribution in [3.63, 3.8) is 0 Å². The first-order valence-corrected chi connectivity index (χ1v) is 6.88. The number of carbonyl (C=O) groups is 1. The van der Waals surface area contributed by atoms with Gasteiger partial charge in [-0.1, -0.05) is 42.5 Å². The zero-order chi connectivity index (χ0) is 12.5. The Bertz CT molecular complexity index is 604. The van der Waals surface area contributed by atoms with E-state index in [1.165, 1.54) is 27.3 Å². The van der Waals surface area contributed by atoms with Crippen LogP contribution in [0, 0.1) is 0 Å². The average molecular weight is 259 g/mol. The molecular formula is C14H13NO2S. The number of carbonyl (C=O) groups excluding carboxylic acids is 1. The van der Waals surface area contributed by atoms with E-state index in [-0.39, 0.29) is 5.97 Å². The Morgan fingerprint density at radius 2 is 2.22 bits per heavy atom. The van der Waals surface area contributed by atoms with Crippen molar-refractivity contribution >= 4 is 17.3 Å². The molecule has 92 valence electrons. The molecule has 0 radical (unpaired) electrons. The fraction of sp³-hybridized carbons (Fsp3) is 0.286. The molecule has 3 nitrogen and oxygen atoms in total. The third-order valence-corrected chi connectivity index (χ3v) is 4.05. The van der Waals surface area contributed by atoms with Gasteiger partial charge in [0.05, 0.1) is 5.69 Å². The van der Waals surface area contributed by atoms with Gasteiger partial charge in [0, 0.05) is 16.9 Å². The van der Waals surface area contributed by atoms with Gasteiger partial charge in [0.2, 0.25) is 0 Å². The molecule has 4 heteroatoms. The van der Waals surface area contributed by atoms with Crippen LogP contribution in [0.1, 0.15) is 23.8 Å². The van der Waals surface area contributed by atoms with Crippen LogP contribution in [-0.2, 0) is 17.6 Å². The minimum atomic E-state index is -0.227. The quantitative estimate of drug-likeness (QED) is 0.777. The van der Waals surface area contributed by atoms with Crippen LogP contribution in [0.2, 0.25) is 0 Å². The predicted molar refractivity (Wildman–Crippen MR) is 70.9 cm³/mol. The molecule has 0 atom stereocenters. The normalized spacial score (nSPS) is 12.7. The maximum Gasteiger partial charge on any atom is 0.312 e. The summed E-state index contributed by atoms with van der Waals surface area (Å²) in [5.41, 5.74) is 3.48. The molecule has 3 rings (SSSR count). The Morgan fingerprint density at radius 1 is 1.39 bits per heavy atom. The lowest BCUT2D eigenvalue weighted by Crippen LogP contribution is -2.05. The zero-order valence-electron chi connectivity index (χ0n) is 10.1. The lowest BCUT2D eigenvalue weighted by molar-refractivity contribution is -0.134. The Hall–Kier alpha value is -1.68. The second kappa shape index (κ2) is 4.53. The number of aromatic nitrogens is 1. The van der Waals surface area contributed by atoms with E-state index in [1.54, 1.807) is 6.92 Å². The van der Waals surface area contributed by atoms with Crippen LogP contribution < -0.4 is 4.74 Å². The van der Waals surface area contributed by atoms with Crippen LogP contribution in [-0.4, -0.2) is 11.0 Å². The van der Waals surface area contributed by atoms with Crippen LogP contribution in [0.15, 0.2) is 24.3 Å². The van der Waals surface area contributed by atoms with E-state index in [0.717, 1.165) is 18.5 Å². The first kappa shape index (κ1) is 11.4. The molecule has 1 aromatic heterocycles. The highest BCUT2D eigenvalue weighted by Gasteiger charge is 2.21. The number of fused-ring (bicyclic) bond motifs is 3. The number of ether oxygens (including phenoxy) is 1. The number of hydrogen-bond acceptors (Lipinski definition) is 4. The molecule has 0 amide bonds. The predicted octanol–water partition coefficient (Wildman–Crippen LogP) is 3.22. The molecule has 0 spiro atoms. The third-order valence-electron chi connectivity index (χ3n) is 3.06. The number of benzene rings is 1. The molecule has 0 N–H and O–H groups in total. The van der Waals surface area contributed by atoms with E-state index in [1.807, 2.05) is 12.1 Å². The van der Waals surface area contributed by atoms with Gasteiger partial charge in [0.25, 0.3) is 5.19 Å². The second-order valence-corrected chi connectivity index (χ2v) is 5.28. The SMILES string of the molecule is CCC(=O)Oc1nc2c(s1)CCc1ccccc1-2. The summed E-state index contributed by atoms with van der Waals surface area (Å²) in [4.78, 5) is 17.0. The smallest absolute Gasteiger partial charge is 0.312 e. The van der Waals surface area contributed by atoms with Crippen LogP contribution in [0.25, 0.3) is 11.3 Å². The number of esters is 1. The van der Waals surface area contributed by atoms with Gasteiger partial charge in [0.15, 0.2) is 0 Å². The molecule has 1 aliphatic carbocycles. The third kappa shape index (κ3) is 1.93. The van der Waals surface area contributed by atoms with E-state index in [9.17, 15) is 4.79 Å². The monoisotopic (exact) mass is 259 g/mol. The Labute approximate surface area is 109 Å². The fourth-order valence-electron chi connectivity index (χ4n) is 2.14. The first-order chi connectivity index (χ1) is 8.78. The molecule has 0 aliphatic heterocycles. The van der Waals surface area contributed by atoms with Gasteiger partial charge in [-0.25, -0.2) is 4.98 Å². The molecule has 2 aromatic rings. The summed E-state index contributed by atoms with van der Waals surface area (Å²) in [5, 5.41) is 0.476. The molecule has 1 aliphatic rings. The van der Waals surface area contributed by atoms with Crippen molar-refractivity contribution in [1.29, 1.82) is 0 Å². The van der Waals surface area contributed by atoms with Gasteiger partial charge in [-0.15, -0.1) is 0 Å². The molecule has 18 heavy (non-hydrogen) atoms. The standard InChI is InChI=1S/C14H13NO2S/c1-2-12(16)17-14-15-13-10-6-4-3-5-9(10)7-8-11(13)18-14/h3-6H,2,7-8H2,1H3. The van der Waals surface area contributed by atoms with Crippen molar-refractivity contribution in [2.45, 2.75) is 26.2 Å². The second-order valence-electron chi connectivity index (χ2n) is 4.24. The maximum absolute atomic E-state index is 11.3. The summed E-state index contributed by atoms with van der Waals surface area (Å²) in [6, 6.07) is 8.28. The Morgan fingerprint density at radius 3 is 3.06 bits per heavy atom. The lowest BCUT2D eigenvalue weighted by Gasteiger charge is -2.13. The van der Waals surface area contributed by atoms with Crippen LogP contribution >= 0.6 is 11.3 Å². The minimum absolute atomic E-state index is 0.227. The fourth-order valence-corrected chi connectivity index (χ4v) is 3.08. The van der Waals surface area contributed by atoms with Crippen molar-refractivity contribution in [2.75, 3.05) is 0 Å². The van der Waals surface area contributed by atoms with Crippen LogP contribution in [0.4, 0.5) is 0 Å². The number of nitrogens with zero attached hydrogens (tertiary/aromatic N) is 1. The van der Waals surface area contributed by atoms with Crippen molar-refractivity contribution in [3.05, 3.63) is 34.7 Å². The minimum Gasteiger partial charge on any atom is -0.398 e. The number of aryl methyl sites for hydroxylation is 2. The molecular weight excluding hydrogens is 246 g/mol. The lowest BCUT2D eigenvalue weighted by atomic mass is 9.94. The van der Waals surface area contributed by atoms with E-state index in [0.29, 0.717) is 11.6 Å². The summed E-state index contributed by atoms with van der Waals surface area (Å²) in [6.45, 7) is 1.78. The van der Waals surface area contributed by atoms with Crippen molar-refractivity contribution in [1.82, 2.24) is 4.98 Å². The molecule has 0 saturated heterocycles. The summed E-state index contributed by atoms with van der Waals surface area (Å²) in [7, 11) is 0. The van der Waals surface area contributed by atoms with E-state index >= 15 is 0 Å². The summed E-state index contributed by atoms with van der Waals surface area (Å²) in [6.07, 6.45) is 2.39.